The Hall–Kier alpha value is 0.100. The molecule has 0 aromatic carbocycles. The molecule has 1 atom stereocenters. The minimum Gasteiger partial charge on any atom is -0.395 e. The molecule has 2 nitrogen and oxygen atoms in total. The molecule has 0 bridgehead atoms. The lowest BCUT2D eigenvalue weighted by Gasteiger charge is -2.34. The Labute approximate surface area is 103 Å². The van der Waals surface area contributed by atoms with Crippen LogP contribution in [0.1, 0.15) is 24.8 Å². The van der Waals surface area contributed by atoms with Crippen LogP contribution in [-0.2, 0) is 6.54 Å². The van der Waals surface area contributed by atoms with Gasteiger partial charge in [-0.3, -0.25) is 4.90 Å². The average molecular weight is 290 g/mol. The van der Waals surface area contributed by atoms with E-state index >= 15 is 0 Å². The average Bonchev–Trinajstić information content (AvgIpc) is 2.65. The lowest BCUT2D eigenvalue weighted by Crippen LogP contribution is -2.41. The van der Waals surface area contributed by atoms with E-state index in [0.717, 1.165) is 19.5 Å². The van der Waals surface area contributed by atoms with Gasteiger partial charge < -0.3 is 5.11 Å². The van der Waals surface area contributed by atoms with Gasteiger partial charge in [-0.2, -0.15) is 0 Å². The monoisotopic (exact) mass is 289 g/mol. The summed E-state index contributed by atoms with van der Waals surface area (Å²) in [5.41, 5.74) is 1.35. The first kappa shape index (κ1) is 11.6. The van der Waals surface area contributed by atoms with Crippen LogP contribution in [-0.4, -0.2) is 29.2 Å². The third kappa shape index (κ3) is 3.03. The van der Waals surface area contributed by atoms with Crippen molar-refractivity contribution >= 4 is 27.3 Å². The number of likely N-dealkylation sites (tertiary alicyclic amines) is 1. The quantitative estimate of drug-likeness (QED) is 0.925. The van der Waals surface area contributed by atoms with Gasteiger partial charge in [0.15, 0.2) is 0 Å². The molecule has 0 spiro atoms. The molecule has 0 amide bonds. The molecular formula is C11H16BrNOS. The third-order valence-corrected chi connectivity index (χ3v) is 4.52. The van der Waals surface area contributed by atoms with Crippen molar-refractivity contribution in [3.63, 3.8) is 0 Å². The Kier molecular flexibility index (Phi) is 4.20. The van der Waals surface area contributed by atoms with Crippen molar-refractivity contribution in [2.24, 2.45) is 0 Å². The molecule has 1 aromatic rings. The highest BCUT2D eigenvalue weighted by atomic mass is 79.9. The van der Waals surface area contributed by atoms with Crippen LogP contribution < -0.4 is 0 Å². The summed E-state index contributed by atoms with van der Waals surface area (Å²) in [5, 5.41) is 11.5. The van der Waals surface area contributed by atoms with E-state index in [0.29, 0.717) is 12.6 Å². The molecule has 2 rings (SSSR count). The zero-order valence-electron chi connectivity index (χ0n) is 8.66. The third-order valence-electron chi connectivity index (χ3n) is 2.97. The Morgan fingerprint density at radius 3 is 3.07 bits per heavy atom. The standard InChI is InChI=1S/C11H16BrNOS/c12-11-5-9(8-15-11)6-13-4-2-1-3-10(13)7-14/h5,8,10,14H,1-4,6-7H2. The van der Waals surface area contributed by atoms with Gasteiger partial charge in [0.05, 0.1) is 10.4 Å². The fourth-order valence-corrected chi connectivity index (χ4v) is 3.34. The maximum atomic E-state index is 9.30. The van der Waals surface area contributed by atoms with E-state index in [1.165, 1.54) is 22.2 Å². The predicted molar refractivity (Wildman–Crippen MR) is 67.2 cm³/mol. The van der Waals surface area contributed by atoms with Gasteiger partial charge in [0.1, 0.15) is 0 Å². The maximum absolute atomic E-state index is 9.30. The van der Waals surface area contributed by atoms with Crippen LogP contribution in [0.2, 0.25) is 0 Å². The Morgan fingerprint density at radius 1 is 1.53 bits per heavy atom. The van der Waals surface area contributed by atoms with Crippen LogP contribution >= 0.6 is 27.3 Å². The summed E-state index contributed by atoms with van der Waals surface area (Å²) in [5.74, 6) is 0. The highest BCUT2D eigenvalue weighted by Gasteiger charge is 2.21. The van der Waals surface area contributed by atoms with E-state index in [1.54, 1.807) is 11.3 Å². The second-order valence-electron chi connectivity index (χ2n) is 4.06. The number of rotatable bonds is 3. The summed E-state index contributed by atoms with van der Waals surface area (Å²) in [4.78, 5) is 2.40. The first-order valence-electron chi connectivity index (χ1n) is 5.37. The van der Waals surface area contributed by atoms with Crippen LogP contribution in [0.25, 0.3) is 0 Å². The van der Waals surface area contributed by atoms with E-state index in [9.17, 15) is 5.11 Å². The number of aliphatic hydroxyl groups excluding tert-OH is 1. The van der Waals surface area contributed by atoms with Gasteiger partial charge in [-0.1, -0.05) is 6.42 Å². The summed E-state index contributed by atoms with van der Waals surface area (Å²) in [6.07, 6.45) is 3.67. The first-order chi connectivity index (χ1) is 7.29. The number of hydrogen-bond donors (Lipinski definition) is 1. The molecule has 1 unspecified atom stereocenters. The Balaban J connectivity index is 1.97. The van der Waals surface area contributed by atoms with Gasteiger partial charge >= 0.3 is 0 Å². The Bertz CT molecular complexity index is 315. The molecular weight excluding hydrogens is 274 g/mol. The minimum absolute atomic E-state index is 0.297. The van der Waals surface area contributed by atoms with Gasteiger partial charge in [0.25, 0.3) is 0 Å². The van der Waals surface area contributed by atoms with Gasteiger partial charge in [0, 0.05) is 12.6 Å². The summed E-state index contributed by atoms with van der Waals surface area (Å²) < 4.78 is 1.19. The molecule has 4 heteroatoms. The molecule has 0 radical (unpaired) electrons. The maximum Gasteiger partial charge on any atom is 0.0701 e. The lowest BCUT2D eigenvalue weighted by molar-refractivity contribution is 0.0842. The summed E-state index contributed by atoms with van der Waals surface area (Å²) in [7, 11) is 0. The van der Waals surface area contributed by atoms with Crippen molar-refractivity contribution in [3.05, 3.63) is 20.8 Å². The highest BCUT2D eigenvalue weighted by molar-refractivity contribution is 9.11. The van der Waals surface area contributed by atoms with E-state index < -0.39 is 0 Å². The second-order valence-corrected chi connectivity index (χ2v) is 6.35. The summed E-state index contributed by atoms with van der Waals surface area (Å²) in [6, 6.07) is 2.55. The topological polar surface area (TPSA) is 23.5 Å². The zero-order valence-corrected chi connectivity index (χ0v) is 11.1. The highest BCUT2D eigenvalue weighted by Crippen LogP contribution is 2.24. The van der Waals surface area contributed by atoms with Crippen molar-refractivity contribution in [2.45, 2.75) is 31.8 Å². The first-order valence-corrected chi connectivity index (χ1v) is 7.04. The van der Waals surface area contributed by atoms with Crippen LogP contribution in [0, 0.1) is 0 Å². The van der Waals surface area contributed by atoms with E-state index in [2.05, 4.69) is 32.3 Å². The molecule has 1 fully saturated rings. The van der Waals surface area contributed by atoms with Crippen molar-refractivity contribution in [1.82, 2.24) is 4.90 Å². The number of piperidine rings is 1. The van der Waals surface area contributed by atoms with Crippen molar-refractivity contribution in [1.29, 1.82) is 0 Å². The van der Waals surface area contributed by atoms with E-state index in [4.69, 9.17) is 0 Å². The Morgan fingerprint density at radius 2 is 2.40 bits per heavy atom. The molecule has 0 aliphatic carbocycles. The zero-order chi connectivity index (χ0) is 10.7. The van der Waals surface area contributed by atoms with Gasteiger partial charge in [-0.05, 0) is 52.3 Å². The number of aliphatic hydroxyl groups is 1. The number of halogens is 1. The molecule has 0 saturated carbocycles. The van der Waals surface area contributed by atoms with Gasteiger partial charge in [-0.25, -0.2) is 0 Å². The number of thiophene rings is 1. The summed E-state index contributed by atoms with van der Waals surface area (Å²) >= 11 is 5.21. The fraction of sp³-hybridized carbons (Fsp3) is 0.636. The molecule has 2 heterocycles. The molecule has 1 aliphatic heterocycles. The van der Waals surface area contributed by atoms with E-state index in [-0.39, 0.29) is 0 Å². The number of nitrogens with zero attached hydrogens (tertiary/aromatic N) is 1. The van der Waals surface area contributed by atoms with Gasteiger partial charge in [-0.15, -0.1) is 11.3 Å². The molecule has 1 saturated heterocycles. The van der Waals surface area contributed by atoms with Crippen molar-refractivity contribution in [2.75, 3.05) is 13.2 Å². The smallest absolute Gasteiger partial charge is 0.0701 e. The molecule has 1 aromatic heterocycles. The number of hydrogen-bond acceptors (Lipinski definition) is 3. The van der Waals surface area contributed by atoms with Crippen molar-refractivity contribution < 1.29 is 5.11 Å². The molecule has 15 heavy (non-hydrogen) atoms. The molecule has 84 valence electrons. The fourth-order valence-electron chi connectivity index (χ4n) is 2.14. The minimum atomic E-state index is 0.297. The lowest BCUT2D eigenvalue weighted by atomic mass is 10.0. The second kappa shape index (κ2) is 5.43. The van der Waals surface area contributed by atoms with E-state index in [1.807, 2.05) is 0 Å². The SMILES string of the molecule is OCC1CCCCN1Cc1csc(Br)c1. The van der Waals surface area contributed by atoms with Gasteiger partial charge in [0.2, 0.25) is 0 Å². The van der Waals surface area contributed by atoms with Crippen LogP contribution in [0.15, 0.2) is 15.2 Å². The van der Waals surface area contributed by atoms with Crippen LogP contribution in [0.4, 0.5) is 0 Å². The van der Waals surface area contributed by atoms with Crippen LogP contribution in [0.3, 0.4) is 0 Å². The molecule has 1 aliphatic rings. The largest absolute Gasteiger partial charge is 0.395 e. The van der Waals surface area contributed by atoms with Crippen LogP contribution in [0.5, 0.6) is 0 Å². The normalized spacial score (nSPS) is 23.2. The van der Waals surface area contributed by atoms with Crippen molar-refractivity contribution in [3.8, 4) is 0 Å². The molecule has 1 N–H and O–H groups in total. The predicted octanol–water partition coefficient (Wildman–Crippen LogP) is 2.86. The summed E-state index contributed by atoms with van der Waals surface area (Å²) in [6.45, 7) is 2.40.